The van der Waals surface area contributed by atoms with Gasteiger partial charge in [0.1, 0.15) is 6.04 Å². The molecule has 7 heteroatoms. The largest absolute Gasteiger partial charge is 0.480 e. The number of carbonyl (C=O) groups excluding carboxylic acids is 1. The van der Waals surface area contributed by atoms with Crippen LogP contribution in [0.2, 0.25) is 0 Å². The van der Waals surface area contributed by atoms with E-state index < -0.39 is 22.8 Å². The SMILES string of the molecule is CC(C)(C)c1ccc(C[C@@H](NC(=O)Cc2cccc([N+](=O)[O-])c2)C(=O)O)cc1. The van der Waals surface area contributed by atoms with Crippen LogP contribution in [-0.2, 0) is 27.8 Å². The van der Waals surface area contributed by atoms with Crippen molar-refractivity contribution in [2.75, 3.05) is 0 Å². The van der Waals surface area contributed by atoms with Gasteiger partial charge in [-0.3, -0.25) is 14.9 Å². The molecule has 2 aromatic rings. The Balaban J connectivity index is 2.04. The highest BCUT2D eigenvalue weighted by molar-refractivity contribution is 5.85. The van der Waals surface area contributed by atoms with E-state index in [0.29, 0.717) is 5.56 Å². The molecule has 0 heterocycles. The highest BCUT2D eigenvalue weighted by Gasteiger charge is 2.21. The summed E-state index contributed by atoms with van der Waals surface area (Å²) in [5, 5.41) is 22.8. The van der Waals surface area contributed by atoms with Gasteiger partial charge >= 0.3 is 5.97 Å². The molecule has 0 radical (unpaired) electrons. The van der Waals surface area contributed by atoms with Gasteiger partial charge in [-0.1, -0.05) is 57.2 Å². The van der Waals surface area contributed by atoms with Crippen molar-refractivity contribution >= 4 is 17.6 Å². The Morgan fingerprint density at radius 1 is 1.11 bits per heavy atom. The van der Waals surface area contributed by atoms with Gasteiger partial charge in [-0.05, 0) is 22.1 Å². The van der Waals surface area contributed by atoms with E-state index in [1.807, 2.05) is 24.3 Å². The fraction of sp³-hybridized carbons (Fsp3) is 0.333. The molecule has 0 saturated heterocycles. The van der Waals surface area contributed by atoms with E-state index in [1.165, 1.54) is 18.2 Å². The van der Waals surface area contributed by atoms with E-state index in [1.54, 1.807) is 6.07 Å². The first-order chi connectivity index (χ1) is 13.1. The van der Waals surface area contributed by atoms with E-state index in [2.05, 4.69) is 26.1 Å². The highest BCUT2D eigenvalue weighted by atomic mass is 16.6. The van der Waals surface area contributed by atoms with Crippen molar-refractivity contribution in [2.45, 2.75) is 45.1 Å². The van der Waals surface area contributed by atoms with Gasteiger partial charge in [0.15, 0.2) is 0 Å². The summed E-state index contributed by atoms with van der Waals surface area (Å²) in [5.41, 5.74) is 2.27. The number of benzene rings is 2. The van der Waals surface area contributed by atoms with E-state index in [9.17, 15) is 24.8 Å². The number of hydrogen-bond acceptors (Lipinski definition) is 4. The first-order valence-corrected chi connectivity index (χ1v) is 8.91. The first-order valence-electron chi connectivity index (χ1n) is 8.91. The van der Waals surface area contributed by atoms with Crippen LogP contribution in [-0.4, -0.2) is 27.9 Å². The minimum atomic E-state index is -1.13. The topological polar surface area (TPSA) is 110 Å². The summed E-state index contributed by atoms with van der Waals surface area (Å²) in [6.45, 7) is 6.28. The molecular weight excluding hydrogens is 360 g/mol. The summed E-state index contributed by atoms with van der Waals surface area (Å²) >= 11 is 0. The molecule has 0 aromatic heterocycles. The molecule has 0 aliphatic heterocycles. The van der Waals surface area contributed by atoms with Crippen molar-refractivity contribution in [3.63, 3.8) is 0 Å². The molecular formula is C21H24N2O5. The quantitative estimate of drug-likeness (QED) is 0.562. The molecule has 0 aliphatic rings. The Morgan fingerprint density at radius 2 is 1.75 bits per heavy atom. The maximum absolute atomic E-state index is 12.2. The average molecular weight is 384 g/mol. The predicted molar refractivity (Wildman–Crippen MR) is 105 cm³/mol. The molecule has 0 spiro atoms. The van der Waals surface area contributed by atoms with E-state index in [-0.39, 0.29) is 23.9 Å². The van der Waals surface area contributed by atoms with Gasteiger partial charge < -0.3 is 10.4 Å². The van der Waals surface area contributed by atoms with Crippen LogP contribution in [0.3, 0.4) is 0 Å². The lowest BCUT2D eigenvalue weighted by molar-refractivity contribution is -0.384. The molecule has 2 N–H and O–H groups in total. The number of hydrogen-bond donors (Lipinski definition) is 2. The second kappa shape index (κ2) is 8.65. The van der Waals surface area contributed by atoms with Crippen molar-refractivity contribution in [3.05, 3.63) is 75.3 Å². The third-order valence-corrected chi connectivity index (χ3v) is 4.38. The normalized spacial score (nSPS) is 12.2. The molecule has 28 heavy (non-hydrogen) atoms. The standard InChI is InChI=1S/C21H24N2O5/c1-21(2,3)16-9-7-14(8-10-16)12-18(20(25)26)22-19(24)13-15-5-4-6-17(11-15)23(27)28/h4-11,18H,12-13H2,1-3H3,(H,22,24)(H,25,26)/t18-/m1/s1. The monoisotopic (exact) mass is 384 g/mol. The van der Waals surface area contributed by atoms with E-state index >= 15 is 0 Å². The van der Waals surface area contributed by atoms with Crippen LogP contribution in [0.5, 0.6) is 0 Å². The van der Waals surface area contributed by atoms with Crippen LogP contribution >= 0.6 is 0 Å². The first kappa shape index (κ1) is 21.1. The van der Waals surface area contributed by atoms with Gasteiger partial charge in [-0.25, -0.2) is 4.79 Å². The van der Waals surface area contributed by atoms with Crippen LogP contribution in [0.25, 0.3) is 0 Å². The Labute approximate surface area is 163 Å². The number of aliphatic carboxylic acids is 1. The third kappa shape index (κ3) is 5.90. The molecule has 0 aliphatic carbocycles. The number of amides is 1. The lowest BCUT2D eigenvalue weighted by Gasteiger charge is -2.20. The summed E-state index contributed by atoms with van der Waals surface area (Å²) in [5.74, 6) is -1.63. The zero-order valence-electron chi connectivity index (χ0n) is 16.1. The lowest BCUT2D eigenvalue weighted by Crippen LogP contribution is -2.43. The second-order valence-electron chi connectivity index (χ2n) is 7.71. The number of carbonyl (C=O) groups is 2. The summed E-state index contributed by atoms with van der Waals surface area (Å²) < 4.78 is 0. The van der Waals surface area contributed by atoms with Crippen molar-refractivity contribution < 1.29 is 19.6 Å². The summed E-state index contributed by atoms with van der Waals surface area (Å²) in [6, 6.07) is 12.3. The number of carboxylic acids is 1. The fourth-order valence-electron chi connectivity index (χ4n) is 2.79. The minimum Gasteiger partial charge on any atom is -0.480 e. The third-order valence-electron chi connectivity index (χ3n) is 4.38. The maximum atomic E-state index is 12.2. The fourth-order valence-corrected chi connectivity index (χ4v) is 2.79. The van der Waals surface area contributed by atoms with Crippen molar-refractivity contribution in [1.29, 1.82) is 0 Å². The van der Waals surface area contributed by atoms with Crippen LogP contribution < -0.4 is 5.32 Å². The van der Waals surface area contributed by atoms with Crippen LogP contribution in [0, 0.1) is 10.1 Å². The number of rotatable bonds is 7. The van der Waals surface area contributed by atoms with Crippen molar-refractivity contribution in [3.8, 4) is 0 Å². The molecule has 2 aromatic carbocycles. The van der Waals surface area contributed by atoms with Crippen molar-refractivity contribution in [1.82, 2.24) is 5.32 Å². The van der Waals surface area contributed by atoms with Gasteiger partial charge in [0.05, 0.1) is 11.3 Å². The highest BCUT2D eigenvalue weighted by Crippen LogP contribution is 2.22. The van der Waals surface area contributed by atoms with Gasteiger partial charge in [0, 0.05) is 18.6 Å². The second-order valence-corrected chi connectivity index (χ2v) is 7.71. The zero-order valence-corrected chi connectivity index (χ0v) is 16.1. The summed E-state index contributed by atoms with van der Waals surface area (Å²) in [4.78, 5) is 34.1. The van der Waals surface area contributed by atoms with E-state index in [0.717, 1.165) is 11.1 Å². The number of non-ortho nitro benzene ring substituents is 1. The zero-order chi connectivity index (χ0) is 20.9. The number of nitrogens with zero attached hydrogens (tertiary/aromatic N) is 1. The average Bonchev–Trinajstić information content (AvgIpc) is 2.61. The molecule has 7 nitrogen and oxygen atoms in total. The smallest absolute Gasteiger partial charge is 0.326 e. The number of nitro groups is 1. The summed E-state index contributed by atoms with van der Waals surface area (Å²) in [7, 11) is 0. The Hall–Kier alpha value is -3.22. The molecule has 0 fully saturated rings. The maximum Gasteiger partial charge on any atom is 0.326 e. The van der Waals surface area contributed by atoms with Crippen LogP contribution in [0.15, 0.2) is 48.5 Å². The van der Waals surface area contributed by atoms with Crippen molar-refractivity contribution in [2.24, 2.45) is 0 Å². The number of carboxylic acid groups (broad SMARTS) is 1. The number of nitrogens with one attached hydrogen (secondary N) is 1. The molecule has 1 atom stereocenters. The molecule has 1 amide bonds. The Bertz CT molecular complexity index is 869. The molecule has 0 bridgehead atoms. The van der Waals surface area contributed by atoms with Crippen LogP contribution in [0.1, 0.15) is 37.5 Å². The Kier molecular flexibility index (Phi) is 6.51. The summed E-state index contributed by atoms with van der Waals surface area (Å²) in [6.07, 6.45) is 0.0227. The lowest BCUT2D eigenvalue weighted by atomic mass is 9.86. The van der Waals surface area contributed by atoms with Gasteiger partial charge in [-0.2, -0.15) is 0 Å². The Morgan fingerprint density at radius 3 is 2.29 bits per heavy atom. The van der Waals surface area contributed by atoms with Gasteiger partial charge in [-0.15, -0.1) is 0 Å². The van der Waals surface area contributed by atoms with Gasteiger partial charge in [0.2, 0.25) is 5.91 Å². The van der Waals surface area contributed by atoms with Gasteiger partial charge in [0.25, 0.3) is 5.69 Å². The van der Waals surface area contributed by atoms with E-state index in [4.69, 9.17) is 0 Å². The van der Waals surface area contributed by atoms with Crippen LogP contribution in [0.4, 0.5) is 5.69 Å². The molecule has 2 rings (SSSR count). The minimum absolute atomic E-state index is 0.00274. The molecule has 0 unspecified atom stereocenters. The number of nitro benzene ring substituents is 1. The molecule has 148 valence electrons. The predicted octanol–water partition coefficient (Wildman–Crippen LogP) is 3.25. The molecule has 0 saturated carbocycles.